The van der Waals surface area contributed by atoms with Crippen LogP contribution in [0.25, 0.3) is 11.5 Å². The van der Waals surface area contributed by atoms with E-state index in [1.807, 2.05) is 0 Å². The highest BCUT2D eigenvalue weighted by Gasteiger charge is 2.23. The lowest BCUT2D eigenvalue weighted by molar-refractivity contribution is 0.475. The standard InChI is InChI=1S/C15H14N6OS/c22-10-6-4-9(5-7-10)8-16-21-14(19-20-15(21)23)13-11-2-1-3-12(11)17-18-13/h4-8,22H,1-3H2,(H,17,18)(H,20,23)/b16-8+. The molecule has 0 saturated heterocycles. The fourth-order valence-corrected chi connectivity index (χ4v) is 2.92. The van der Waals surface area contributed by atoms with Crippen molar-refractivity contribution in [3.05, 3.63) is 45.9 Å². The lowest BCUT2D eigenvalue weighted by Crippen LogP contribution is -1.97. The van der Waals surface area contributed by atoms with Crippen LogP contribution in [0.15, 0.2) is 29.4 Å². The number of rotatable bonds is 3. The number of aromatic nitrogens is 5. The Bertz CT molecular complexity index is 934. The molecule has 0 fully saturated rings. The van der Waals surface area contributed by atoms with Crippen LogP contribution in [0.5, 0.6) is 5.75 Å². The van der Waals surface area contributed by atoms with Crippen LogP contribution in [-0.4, -0.2) is 36.4 Å². The van der Waals surface area contributed by atoms with Gasteiger partial charge in [0.15, 0.2) is 0 Å². The summed E-state index contributed by atoms with van der Waals surface area (Å²) in [5.41, 5.74) is 4.01. The van der Waals surface area contributed by atoms with E-state index < -0.39 is 0 Å². The Kier molecular flexibility index (Phi) is 3.30. The lowest BCUT2D eigenvalue weighted by Gasteiger charge is -2.00. The summed E-state index contributed by atoms with van der Waals surface area (Å²) >= 11 is 5.26. The number of phenolic OH excluding ortho intramolecular Hbond substituents is 1. The number of nitrogens with zero attached hydrogens (tertiary/aromatic N) is 4. The molecule has 3 aromatic rings. The predicted molar refractivity (Wildman–Crippen MR) is 88.1 cm³/mol. The van der Waals surface area contributed by atoms with Gasteiger partial charge in [0.1, 0.15) is 11.4 Å². The van der Waals surface area contributed by atoms with Crippen molar-refractivity contribution in [2.75, 3.05) is 0 Å². The molecule has 23 heavy (non-hydrogen) atoms. The van der Waals surface area contributed by atoms with Gasteiger partial charge in [0.2, 0.25) is 10.6 Å². The van der Waals surface area contributed by atoms with E-state index in [0.717, 1.165) is 30.5 Å². The molecular formula is C15H14N6OS. The van der Waals surface area contributed by atoms with Crippen LogP contribution < -0.4 is 0 Å². The van der Waals surface area contributed by atoms with Crippen LogP contribution in [0.2, 0.25) is 0 Å². The monoisotopic (exact) mass is 326 g/mol. The summed E-state index contributed by atoms with van der Waals surface area (Å²) in [6.07, 6.45) is 4.80. The van der Waals surface area contributed by atoms with Crippen LogP contribution in [0.3, 0.4) is 0 Å². The summed E-state index contributed by atoms with van der Waals surface area (Å²) < 4.78 is 1.97. The zero-order chi connectivity index (χ0) is 15.8. The first-order chi connectivity index (χ1) is 11.2. The van der Waals surface area contributed by atoms with Gasteiger partial charge in [-0.1, -0.05) is 0 Å². The normalized spacial score (nSPS) is 13.7. The number of aryl methyl sites for hydroxylation is 1. The summed E-state index contributed by atoms with van der Waals surface area (Å²) in [6, 6.07) is 6.76. The van der Waals surface area contributed by atoms with Gasteiger partial charge in [-0.2, -0.15) is 20.0 Å². The third-order valence-corrected chi connectivity index (χ3v) is 4.15. The van der Waals surface area contributed by atoms with Gasteiger partial charge in [0.25, 0.3) is 0 Å². The maximum atomic E-state index is 9.32. The molecule has 0 atom stereocenters. The van der Waals surface area contributed by atoms with Crippen molar-refractivity contribution in [1.82, 2.24) is 25.1 Å². The molecule has 7 nitrogen and oxygen atoms in total. The second-order valence-corrected chi connectivity index (χ2v) is 5.77. The van der Waals surface area contributed by atoms with Crippen LogP contribution in [0, 0.1) is 4.77 Å². The van der Waals surface area contributed by atoms with Crippen molar-refractivity contribution in [2.24, 2.45) is 5.10 Å². The summed E-state index contributed by atoms with van der Waals surface area (Å²) in [4.78, 5) is 0. The van der Waals surface area contributed by atoms with Gasteiger partial charge in [-0.3, -0.25) is 5.10 Å². The van der Waals surface area contributed by atoms with E-state index >= 15 is 0 Å². The Hall–Kier alpha value is -2.74. The molecule has 0 bridgehead atoms. The third kappa shape index (κ3) is 2.46. The van der Waals surface area contributed by atoms with E-state index in [1.165, 1.54) is 11.3 Å². The zero-order valence-corrected chi connectivity index (χ0v) is 13.0. The molecule has 0 spiro atoms. The van der Waals surface area contributed by atoms with Gasteiger partial charge in [-0.05, 0) is 61.3 Å². The third-order valence-electron chi connectivity index (χ3n) is 3.88. The second kappa shape index (κ2) is 5.47. The fraction of sp³-hybridized carbons (Fsp3) is 0.200. The van der Waals surface area contributed by atoms with Crippen LogP contribution >= 0.6 is 12.2 Å². The molecule has 116 valence electrons. The topological polar surface area (TPSA) is 94.9 Å². The van der Waals surface area contributed by atoms with E-state index in [1.54, 1.807) is 35.2 Å². The quantitative estimate of drug-likeness (QED) is 0.509. The summed E-state index contributed by atoms with van der Waals surface area (Å²) in [7, 11) is 0. The largest absolute Gasteiger partial charge is 0.508 e. The number of benzene rings is 1. The van der Waals surface area contributed by atoms with E-state index in [9.17, 15) is 5.11 Å². The number of phenols is 1. The first-order valence-corrected chi connectivity index (χ1v) is 7.70. The number of hydrogen-bond acceptors (Lipinski definition) is 5. The van der Waals surface area contributed by atoms with Gasteiger partial charge < -0.3 is 5.11 Å². The molecule has 8 heteroatoms. The number of nitrogens with one attached hydrogen (secondary N) is 2. The number of aromatic amines is 2. The van der Waals surface area contributed by atoms with E-state index in [0.29, 0.717) is 10.6 Å². The van der Waals surface area contributed by atoms with Gasteiger partial charge >= 0.3 is 0 Å². The first-order valence-electron chi connectivity index (χ1n) is 7.29. The molecule has 3 N–H and O–H groups in total. The number of H-pyrrole nitrogens is 2. The van der Waals surface area contributed by atoms with E-state index in [-0.39, 0.29) is 5.75 Å². The van der Waals surface area contributed by atoms with Crippen LogP contribution in [0.1, 0.15) is 23.2 Å². The average Bonchev–Trinajstić information content (AvgIpc) is 3.23. The Morgan fingerprint density at radius 3 is 2.83 bits per heavy atom. The Morgan fingerprint density at radius 1 is 1.17 bits per heavy atom. The van der Waals surface area contributed by atoms with Gasteiger partial charge in [-0.25, -0.2) is 5.10 Å². The van der Waals surface area contributed by atoms with Crippen LogP contribution in [0.4, 0.5) is 0 Å². The summed E-state index contributed by atoms with van der Waals surface area (Å²) in [5.74, 6) is 0.819. The Labute approximate surface area is 136 Å². The Balaban J connectivity index is 1.73. The molecule has 2 heterocycles. The SMILES string of the molecule is Oc1ccc(/C=N/n2c(-c3n[nH]c4c3CCC4)n[nH]c2=S)cc1. The fourth-order valence-electron chi connectivity index (χ4n) is 2.74. The number of fused-ring (bicyclic) bond motifs is 1. The molecule has 0 amide bonds. The number of aromatic hydroxyl groups is 1. The molecule has 4 rings (SSSR count). The molecule has 1 aliphatic rings. The average molecular weight is 326 g/mol. The minimum atomic E-state index is 0.217. The smallest absolute Gasteiger partial charge is 0.216 e. The molecule has 1 aliphatic carbocycles. The van der Waals surface area contributed by atoms with Gasteiger partial charge in [0.05, 0.1) is 6.21 Å². The summed E-state index contributed by atoms with van der Waals surface area (Å²) in [5, 5.41) is 28.2. The second-order valence-electron chi connectivity index (χ2n) is 5.38. The van der Waals surface area contributed by atoms with E-state index in [2.05, 4.69) is 25.5 Å². The zero-order valence-electron chi connectivity index (χ0n) is 12.2. The predicted octanol–water partition coefficient (Wildman–Crippen LogP) is 2.41. The highest BCUT2D eigenvalue weighted by Crippen LogP contribution is 2.29. The van der Waals surface area contributed by atoms with Crippen LogP contribution in [-0.2, 0) is 12.8 Å². The first kappa shape index (κ1) is 13.9. The van der Waals surface area contributed by atoms with Crippen molar-refractivity contribution in [2.45, 2.75) is 19.3 Å². The molecule has 0 unspecified atom stereocenters. The maximum Gasteiger partial charge on any atom is 0.216 e. The van der Waals surface area contributed by atoms with Crippen molar-refractivity contribution in [3.63, 3.8) is 0 Å². The van der Waals surface area contributed by atoms with E-state index in [4.69, 9.17) is 12.2 Å². The highest BCUT2D eigenvalue weighted by atomic mass is 32.1. The van der Waals surface area contributed by atoms with Crippen molar-refractivity contribution >= 4 is 18.4 Å². The molecule has 0 radical (unpaired) electrons. The Morgan fingerprint density at radius 2 is 2.00 bits per heavy atom. The van der Waals surface area contributed by atoms with Crippen molar-refractivity contribution in [1.29, 1.82) is 0 Å². The molecule has 0 saturated carbocycles. The van der Waals surface area contributed by atoms with Gasteiger partial charge in [-0.15, -0.1) is 0 Å². The summed E-state index contributed by atoms with van der Waals surface area (Å²) in [6.45, 7) is 0. The highest BCUT2D eigenvalue weighted by molar-refractivity contribution is 7.71. The molecule has 0 aliphatic heterocycles. The lowest BCUT2D eigenvalue weighted by atomic mass is 10.2. The molecule has 2 aromatic heterocycles. The van der Waals surface area contributed by atoms with Crippen molar-refractivity contribution in [3.8, 4) is 17.3 Å². The van der Waals surface area contributed by atoms with Crippen molar-refractivity contribution < 1.29 is 5.11 Å². The number of hydrogen-bond donors (Lipinski definition) is 3. The minimum absolute atomic E-state index is 0.217. The maximum absolute atomic E-state index is 9.32. The molecular weight excluding hydrogens is 312 g/mol. The van der Waals surface area contributed by atoms with Gasteiger partial charge in [0, 0.05) is 11.3 Å². The minimum Gasteiger partial charge on any atom is -0.508 e. The molecule has 1 aromatic carbocycles.